The number of piperidine rings is 1. The van der Waals surface area contributed by atoms with Crippen molar-refractivity contribution in [3.8, 4) is 6.07 Å². The molecule has 8 heteroatoms. The minimum atomic E-state index is -4.55. The maximum Gasteiger partial charge on any atom is 0.417 e. The Morgan fingerprint density at radius 3 is 2.50 bits per heavy atom. The van der Waals surface area contributed by atoms with Gasteiger partial charge in [0.25, 0.3) is 0 Å². The second-order valence-electron chi connectivity index (χ2n) is 7.83. The van der Waals surface area contributed by atoms with Gasteiger partial charge in [0.15, 0.2) is 0 Å². The standard InChI is InChI=1S/C20H25F3N4O/c1-26(2)19(28)17-12-25-11-16(17)13-5-7-27(8-6-13)15-4-3-14(10-24)18(9-15)20(21,22)23/h3-4,9,13,16-17,25H,5-8,11-12H2,1-2H3/t16-,17+/m0/s1. The number of hydrogen-bond donors (Lipinski definition) is 1. The van der Waals surface area contributed by atoms with Gasteiger partial charge in [0.1, 0.15) is 0 Å². The van der Waals surface area contributed by atoms with Crippen LogP contribution in [0.1, 0.15) is 24.0 Å². The van der Waals surface area contributed by atoms with E-state index in [2.05, 4.69) is 5.32 Å². The van der Waals surface area contributed by atoms with Gasteiger partial charge in [0, 0.05) is 39.4 Å². The van der Waals surface area contributed by atoms with Gasteiger partial charge in [-0.15, -0.1) is 0 Å². The molecule has 1 aromatic carbocycles. The molecule has 2 saturated heterocycles. The Balaban J connectivity index is 1.69. The number of nitriles is 1. The average molecular weight is 394 g/mol. The Labute approximate surface area is 163 Å². The molecule has 2 fully saturated rings. The molecule has 0 saturated carbocycles. The smallest absolute Gasteiger partial charge is 0.372 e. The van der Waals surface area contributed by atoms with Crippen molar-refractivity contribution >= 4 is 11.6 Å². The second kappa shape index (κ2) is 8.00. The minimum absolute atomic E-state index is 0.0294. The first-order valence-corrected chi connectivity index (χ1v) is 9.50. The van der Waals surface area contributed by atoms with Crippen LogP contribution in [0.4, 0.5) is 18.9 Å². The molecule has 0 unspecified atom stereocenters. The number of benzene rings is 1. The van der Waals surface area contributed by atoms with E-state index in [-0.39, 0.29) is 23.3 Å². The van der Waals surface area contributed by atoms with Crippen LogP contribution >= 0.6 is 0 Å². The molecule has 28 heavy (non-hydrogen) atoms. The molecule has 1 amide bonds. The highest BCUT2D eigenvalue weighted by Gasteiger charge is 2.40. The monoisotopic (exact) mass is 394 g/mol. The molecule has 1 N–H and O–H groups in total. The van der Waals surface area contributed by atoms with Crippen molar-refractivity contribution in [3.05, 3.63) is 29.3 Å². The molecule has 5 nitrogen and oxygen atoms in total. The number of halogens is 3. The molecule has 2 heterocycles. The van der Waals surface area contributed by atoms with E-state index in [9.17, 15) is 18.0 Å². The van der Waals surface area contributed by atoms with E-state index >= 15 is 0 Å². The number of hydrogen-bond acceptors (Lipinski definition) is 4. The fourth-order valence-electron chi connectivity index (χ4n) is 4.44. The number of carbonyl (C=O) groups is 1. The summed E-state index contributed by atoms with van der Waals surface area (Å²) in [7, 11) is 3.53. The van der Waals surface area contributed by atoms with Gasteiger partial charge in [-0.05, 0) is 49.4 Å². The molecule has 2 aliphatic rings. The molecule has 3 rings (SSSR count). The topological polar surface area (TPSA) is 59.4 Å². The Morgan fingerprint density at radius 2 is 1.93 bits per heavy atom. The maximum atomic E-state index is 13.2. The summed E-state index contributed by atoms with van der Waals surface area (Å²) in [6.45, 7) is 2.79. The van der Waals surface area contributed by atoms with Crippen LogP contribution in [-0.4, -0.2) is 51.1 Å². The van der Waals surface area contributed by atoms with E-state index in [0.717, 1.165) is 25.5 Å². The number of anilines is 1. The third kappa shape index (κ3) is 4.09. The summed E-state index contributed by atoms with van der Waals surface area (Å²) in [5, 5.41) is 12.3. The van der Waals surface area contributed by atoms with Crippen molar-refractivity contribution in [1.29, 1.82) is 5.26 Å². The quantitative estimate of drug-likeness (QED) is 0.857. The predicted molar refractivity (Wildman–Crippen MR) is 99.6 cm³/mol. The summed E-state index contributed by atoms with van der Waals surface area (Å²) in [5.74, 6) is 0.752. The summed E-state index contributed by atoms with van der Waals surface area (Å²) in [6, 6.07) is 5.53. The van der Waals surface area contributed by atoms with Crippen LogP contribution in [0.25, 0.3) is 0 Å². The van der Waals surface area contributed by atoms with E-state index in [1.54, 1.807) is 31.1 Å². The third-order valence-electron chi connectivity index (χ3n) is 5.96. The summed E-state index contributed by atoms with van der Waals surface area (Å²) >= 11 is 0. The zero-order chi connectivity index (χ0) is 20.5. The first kappa shape index (κ1) is 20.5. The van der Waals surface area contributed by atoms with Crippen molar-refractivity contribution in [2.45, 2.75) is 19.0 Å². The van der Waals surface area contributed by atoms with Gasteiger partial charge in [-0.3, -0.25) is 4.79 Å². The van der Waals surface area contributed by atoms with Crippen LogP contribution in [-0.2, 0) is 11.0 Å². The lowest BCUT2D eigenvalue weighted by molar-refractivity contribution is -0.137. The molecular formula is C20H25F3N4O. The van der Waals surface area contributed by atoms with Gasteiger partial charge in [-0.25, -0.2) is 0 Å². The van der Waals surface area contributed by atoms with Crippen molar-refractivity contribution < 1.29 is 18.0 Å². The molecule has 0 radical (unpaired) electrons. The van der Waals surface area contributed by atoms with Crippen molar-refractivity contribution in [1.82, 2.24) is 10.2 Å². The van der Waals surface area contributed by atoms with Gasteiger partial charge in [-0.2, -0.15) is 18.4 Å². The van der Waals surface area contributed by atoms with Crippen LogP contribution < -0.4 is 10.2 Å². The molecular weight excluding hydrogens is 369 g/mol. The van der Waals surface area contributed by atoms with E-state index in [0.29, 0.717) is 31.2 Å². The summed E-state index contributed by atoms with van der Waals surface area (Å²) < 4.78 is 39.7. The van der Waals surface area contributed by atoms with Crippen molar-refractivity contribution in [3.63, 3.8) is 0 Å². The lowest BCUT2D eigenvalue weighted by Gasteiger charge is -2.38. The van der Waals surface area contributed by atoms with Gasteiger partial charge in [0.05, 0.1) is 23.1 Å². The largest absolute Gasteiger partial charge is 0.417 e. The Hall–Kier alpha value is -2.27. The van der Waals surface area contributed by atoms with Crippen LogP contribution in [0.5, 0.6) is 0 Å². The SMILES string of the molecule is CN(C)C(=O)[C@@H]1CNC[C@H]1C1CCN(c2ccc(C#N)c(C(F)(F)F)c2)CC1. The molecule has 2 aliphatic heterocycles. The van der Waals surface area contributed by atoms with Gasteiger partial charge in [0.2, 0.25) is 5.91 Å². The summed E-state index contributed by atoms with van der Waals surface area (Å²) in [6.07, 6.45) is -2.87. The van der Waals surface area contributed by atoms with Crippen molar-refractivity contribution in [2.24, 2.45) is 17.8 Å². The zero-order valence-corrected chi connectivity index (χ0v) is 16.1. The third-order valence-corrected chi connectivity index (χ3v) is 5.96. The molecule has 0 aromatic heterocycles. The zero-order valence-electron chi connectivity index (χ0n) is 16.1. The molecule has 1 aromatic rings. The number of rotatable bonds is 3. The summed E-state index contributed by atoms with van der Waals surface area (Å²) in [4.78, 5) is 16.0. The predicted octanol–water partition coefficient (Wildman–Crippen LogP) is 2.72. The molecule has 0 spiro atoms. The van der Waals surface area contributed by atoms with Crippen LogP contribution in [0.3, 0.4) is 0 Å². The highest BCUT2D eigenvalue weighted by atomic mass is 19.4. The fraction of sp³-hybridized carbons (Fsp3) is 0.600. The highest BCUT2D eigenvalue weighted by Crippen LogP contribution is 2.37. The van der Waals surface area contributed by atoms with E-state index in [1.807, 2.05) is 4.90 Å². The Bertz CT molecular complexity index is 764. The van der Waals surface area contributed by atoms with Crippen molar-refractivity contribution in [2.75, 3.05) is 45.2 Å². The number of alkyl halides is 3. The molecule has 2 atom stereocenters. The number of carbonyl (C=O) groups excluding carboxylic acids is 1. The van der Waals surface area contributed by atoms with Gasteiger partial charge >= 0.3 is 6.18 Å². The first-order valence-electron chi connectivity index (χ1n) is 9.50. The van der Waals surface area contributed by atoms with Crippen LogP contribution in [0.2, 0.25) is 0 Å². The van der Waals surface area contributed by atoms with Crippen LogP contribution in [0.15, 0.2) is 18.2 Å². The minimum Gasteiger partial charge on any atom is -0.372 e. The lowest BCUT2D eigenvalue weighted by atomic mass is 9.78. The van der Waals surface area contributed by atoms with E-state index in [4.69, 9.17) is 5.26 Å². The first-order chi connectivity index (χ1) is 13.2. The highest BCUT2D eigenvalue weighted by molar-refractivity contribution is 5.79. The lowest BCUT2D eigenvalue weighted by Crippen LogP contribution is -2.41. The number of nitrogens with one attached hydrogen (secondary N) is 1. The van der Waals surface area contributed by atoms with Crippen LogP contribution in [0, 0.1) is 29.1 Å². The number of amides is 1. The van der Waals surface area contributed by atoms with Gasteiger partial charge < -0.3 is 15.1 Å². The molecule has 0 aliphatic carbocycles. The van der Waals surface area contributed by atoms with Gasteiger partial charge in [-0.1, -0.05) is 0 Å². The molecule has 0 bridgehead atoms. The Morgan fingerprint density at radius 1 is 1.25 bits per heavy atom. The second-order valence-corrected chi connectivity index (χ2v) is 7.83. The fourth-order valence-corrected chi connectivity index (χ4v) is 4.44. The Kier molecular flexibility index (Phi) is 5.84. The number of nitrogens with zero attached hydrogens (tertiary/aromatic N) is 3. The normalized spacial score (nSPS) is 23.5. The summed E-state index contributed by atoms with van der Waals surface area (Å²) in [5.41, 5.74) is -0.741. The van der Waals surface area contributed by atoms with E-state index in [1.165, 1.54) is 6.07 Å². The maximum absolute atomic E-state index is 13.2. The average Bonchev–Trinajstić information content (AvgIpc) is 3.16. The van der Waals surface area contributed by atoms with E-state index < -0.39 is 11.7 Å². The molecule has 152 valence electrons.